The third-order valence-electron chi connectivity index (χ3n) is 2.77. The van der Waals surface area contributed by atoms with Gasteiger partial charge in [0, 0.05) is 5.02 Å². The monoisotopic (exact) mass is 269 g/mol. The van der Waals surface area contributed by atoms with Crippen molar-refractivity contribution in [1.82, 2.24) is 0 Å². The van der Waals surface area contributed by atoms with E-state index in [1.165, 1.54) is 5.56 Å². The van der Waals surface area contributed by atoms with Crippen LogP contribution in [-0.2, 0) is 6.42 Å². The number of benzene rings is 1. The first kappa shape index (κ1) is 14.6. The molecule has 0 saturated heterocycles. The summed E-state index contributed by atoms with van der Waals surface area (Å²) in [7, 11) is 0. The molecule has 17 heavy (non-hydrogen) atoms. The molecule has 0 spiro atoms. The highest BCUT2D eigenvalue weighted by Gasteiger charge is 2.12. The first-order valence-corrected chi connectivity index (χ1v) is 6.59. The summed E-state index contributed by atoms with van der Waals surface area (Å²) < 4.78 is 3.87. The van der Waals surface area contributed by atoms with Crippen LogP contribution in [0.5, 0.6) is 0 Å². The molecular formula is C14H20ClNS. The normalized spacial score (nSPS) is 12.9. The molecule has 0 radical (unpaired) electrons. The average Bonchev–Trinajstić information content (AvgIpc) is 2.25. The summed E-state index contributed by atoms with van der Waals surface area (Å²) in [6.07, 6.45) is 2.14. The Morgan fingerprint density at radius 1 is 1.35 bits per heavy atom. The summed E-state index contributed by atoms with van der Waals surface area (Å²) in [6.45, 7) is 8.65. The van der Waals surface area contributed by atoms with Gasteiger partial charge in [-0.05, 0) is 55.2 Å². The molecule has 1 rings (SSSR count). The number of hydrogen-bond acceptors (Lipinski definition) is 2. The van der Waals surface area contributed by atoms with E-state index in [0.29, 0.717) is 5.41 Å². The topological polar surface area (TPSA) is 12.4 Å². The molecule has 0 atom stereocenters. The zero-order chi connectivity index (χ0) is 13.1. The van der Waals surface area contributed by atoms with Gasteiger partial charge in [0.15, 0.2) is 0 Å². The number of halogens is 1. The van der Waals surface area contributed by atoms with Crippen LogP contribution in [-0.4, -0.2) is 5.71 Å². The van der Waals surface area contributed by atoms with Crippen molar-refractivity contribution in [1.29, 1.82) is 0 Å². The van der Waals surface area contributed by atoms with Gasteiger partial charge in [-0.15, -0.1) is 0 Å². The van der Waals surface area contributed by atoms with Gasteiger partial charge in [0.2, 0.25) is 0 Å². The second-order valence-corrected chi connectivity index (χ2v) is 6.16. The van der Waals surface area contributed by atoms with Crippen molar-refractivity contribution in [2.75, 3.05) is 0 Å². The Labute approximate surface area is 115 Å². The standard InChI is InChI=1S/C14H20ClNS/c1-10(16-17)12-6-5-11(13(15)9-12)7-8-14(2,3)4/h5-6,9,17H,7-8H2,1-4H3/b16-10+. The Morgan fingerprint density at radius 2 is 2.00 bits per heavy atom. The van der Waals surface area contributed by atoms with Crippen LogP contribution in [0.15, 0.2) is 22.6 Å². The molecule has 3 heteroatoms. The fourth-order valence-corrected chi connectivity index (χ4v) is 1.93. The number of thiol groups is 1. The smallest absolute Gasteiger partial charge is 0.0525 e. The van der Waals surface area contributed by atoms with Gasteiger partial charge in [-0.2, -0.15) is 0 Å². The SMILES string of the molecule is C/C(=N\S)c1ccc(CCC(C)(C)C)c(Cl)c1. The first-order valence-electron chi connectivity index (χ1n) is 5.81. The Morgan fingerprint density at radius 3 is 2.47 bits per heavy atom. The van der Waals surface area contributed by atoms with Crippen molar-refractivity contribution in [3.63, 3.8) is 0 Å². The molecule has 0 aliphatic heterocycles. The zero-order valence-electron chi connectivity index (χ0n) is 10.9. The van der Waals surface area contributed by atoms with Crippen LogP contribution in [0.1, 0.15) is 45.2 Å². The van der Waals surface area contributed by atoms with E-state index in [1.54, 1.807) is 0 Å². The molecule has 1 aromatic rings. The highest BCUT2D eigenvalue weighted by atomic mass is 35.5. The van der Waals surface area contributed by atoms with Crippen molar-refractivity contribution in [3.8, 4) is 0 Å². The van der Waals surface area contributed by atoms with Crippen LogP contribution in [0.4, 0.5) is 0 Å². The molecular weight excluding hydrogens is 250 g/mol. The highest BCUT2D eigenvalue weighted by Crippen LogP contribution is 2.25. The molecule has 0 fully saturated rings. The summed E-state index contributed by atoms with van der Waals surface area (Å²) in [5.41, 5.74) is 3.46. The van der Waals surface area contributed by atoms with Crippen LogP contribution < -0.4 is 0 Å². The van der Waals surface area contributed by atoms with Crippen LogP contribution >= 0.6 is 24.4 Å². The zero-order valence-corrected chi connectivity index (χ0v) is 12.6. The fourth-order valence-electron chi connectivity index (χ4n) is 1.54. The lowest BCUT2D eigenvalue weighted by atomic mass is 9.88. The van der Waals surface area contributed by atoms with E-state index in [4.69, 9.17) is 11.6 Å². The number of nitrogens with zero attached hydrogens (tertiary/aromatic N) is 1. The van der Waals surface area contributed by atoms with Crippen molar-refractivity contribution >= 4 is 30.1 Å². The maximum Gasteiger partial charge on any atom is 0.0525 e. The minimum atomic E-state index is 0.338. The molecule has 94 valence electrons. The summed E-state index contributed by atoms with van der Waals surface area (Å²) in [5.74, 6) is 0. The van der Waals surface area contributed by atoms with Gasteiger partial charge in [0.1, 0.15) is 0 Å². The molecule has 0 heterocycles. The van der Waals surface area contributed by atoms with E-state index < -0.39 is 0 Å². The quantitative estimate of drug-likeness (QED) is 0.587. The van der Waals surface area contributed by atoms with E-state index in [1.807, 2.05) is 13.0 Å². The third-order valence-corrected chi connectivity index (χ3v) is 3.42. The van der Waals surface area contributed by atoms with E-state index in [-0.39, 0.29) is 0 Å². The number of hydrogen-bond donors (Lipinski definition) is 1. The Hall–Kier alpha value is -0.470. The Kier molecular flexibility index (Phi) is 5.08. The lowest BCUT2D eigenvalue weighted by Crippen LogP contribution is -2.06. The summed E-state index contributed by atoms with van der Waals surface area (Å²) in [5, 5.41) is 0.822. The van der Waals surface area contributed by atoms with Gasteiger partial charge in [0.05, 0.1) is 5.71 Å². The summed E-state index contributed by atoms with van der Waals surface area (Å²) in [6, 6.07) is 6.11. The minimum absolute atomic E-state index is 0.338. The average molecular weight is 270 g/mol. The maximum atomic E-state index is 6.28. The predicted molar refractivity (Wildman–Crippen MR) is 80.4 cm³/mol. The minimum Gasteiger partial charge on any atom is -0.224 e. The fraction of sp³-hybridized carbons (Fsp3) is 0.500. The van der Waals surface area contributed by atoms with Gasteiger partial charge in [-0.25, -0.2) is 4.40 Å². The van der Waals surface area contributed by atoms with Gasteiger partial charge in [-0.3, -0.25) is 0 Å². The predicted octanol–water partition coefficient (Wildman–Crippen LogP) is 4.97. The molecule has 0 bridgehead atoms. The molecule has 0 aliphatic carbocycles. The summed E-state index contributed by atoms with van der Waals surface area (Å²) in [4.78, 5) is 0. The lowest BCUT2D eigenvalue weighted by Gasteiger charge is -2.18. The van der Waals surface area contributed by atoms with Gasteiger partial charge >= 0.3 is 0 Å². The first-order chi connectivity index (χ1) is 7.83. The lowest BCUT2D eigenvalue weighted by molar-refractivity contribution is 0.378. The number of aryl methyl sites for hydroxylation is 1. The molecule has 1 aromatic carbocycles. The van der Waals surface area contributed by atoms with E-state index in [2.05, 4.69) is 50.1 Å². The number of rotatable bonds is 3. The van der Waals surface area contributed by atoms with E-state index in [9.17, 15) is 0 Å². The molecule has 0 saturated carbocycles. The van der Waals surface area contributed by atoms with Crippen molar-refractivity contribution in [2.45, 2.75) is 40.5 Å². The molecule has 0 amide bonds. The second-order valence-electron chi connectivity index (χ2n) is 5.55. The van der Waals surface area contributed by atoms with Crippen LogP contribution in [0.3, 0.4) is 0 Å². The Bertz CT molecular complexity index is 419. The maximum absolute atomic E-state index is 6.28. The summed E-state index contributed by atoms with van der Waals surface area (Å²) >= 11 is 10.2. The van der Waals surface area contributed by atoms with E-state index in [0.717, 1.165) is 29.1 Å². The van der Waals surface area contributed by atoms with Gasteiger partial charge in [0.25, 0.3) is 0 Å². The Balaban J connectivity index is 2.84. The molecule has 0 N–H and O–H groups in total. The van der Waals surface area contributed by atoms with Crippen molar-refractivity contribution in [3.05, 3.63) is 34.3 Å². The highest BCUT2D eigenvalue weighted by molar-refractivity contribution is 7.79. The second kappa shape index (κ2) is 5.92. The van der Waals surface area contributed by atoms with Gasteiger partial charge in [-0.1, -0.05) is 44.5 Å². The molecule has 0 aliphatic rings. The molecule has 0 unspecified atom stereocenters. The third kappa shape index (κ3) is 4.72. The largest absolute Gasteiger partial charge is 0.224 e. The van der Waals surface area contributed by atoms with E-state index >= 15 is 0 Å². The van der Waals surface area contributed by atoms with Crippen LogP contribution in [0.25, 0.3) is 0 Å². The van der Waals surface area contributed by atoms with Crippen LogP contribution in [0, 0.1) is 5.41 Å². The van der Waals surface area contributed by atoms with Crippen molar-refractivity contribution < 1.29 is 0 Å². The molecule has 1 nitrogen and oxygen atoms in total. The molecule has 0 aromatic heterocycles. The van der Waals surface area contributed by atoms with Crippen LogP contribution in [0.2, 0.25) is 5.02 Å². The van der Waals surface area contributed by atoms with Crippen molar-refractivity contribution in [2.24, 2.45) is 9.81 Å². The van der Waals surface area contributed by atoms with Gasteiger partial charge < -0.3 is 0 Å².